The number of rotatable bonds is 36. The van der Waals surface area contributed by atoms with E-state index in [0.717, 1.165) is 83.5 Å². The maximum Gasteiger partial charge on any atom is 0.334 e. The van der Waals surface area contributed by atoms with Crippen molar-refractivity contribution in [3.8, 4) is 0 Å². The molecule has 0 aromatic heterocycles. The lowest BCUT2D eigenvalue weighted by Gasteiger charge is -2.45. The standard InChI is InChI=1S/C59H94O11Si/c1-9-10-11-12-13-14-18-27-34-55-52(64-43-61-6)39-40-57(69-55)54(66-45-63-8)38-37-53(65-44-62-7)56-36-35-48(68-56)28-21-16-15-17-22-29-49(42-47-41-46(2)67-58(47)60)70-71(59(3,4)5,50-30-23-19-24-31-50)51-32-25-20-26-33-51/h15,17,19-20,23-26,30-33,41,46,48-49,52-57H,9-14,16,18,21-22,27-29,34-40,42-45H2,1-8H3/b17-15+/t46-,48+,49+,52+,53-,54-,55-,56-,57-/m0/s1. The first-order valence-electron chi connectivity index (χ1n) is 27.5. The molecule has 12 heteroatoms. The van der Waals surface area contributed by atoms with Gasteiger partial charge in [0.15, 0.2) is 0 Å². The molecule has 0 N–H and O–H groups in total. The quantitative estimate of drug-likeness (QED) is 0.0214. The summed E-state index contributed by atoms with van der Waals surface area (Å²) >= 11 is 0. The Labute approximate surface area is 430 Å². The maximum atomic E-state index is 13.0. The third-order valence-corrected chi connectivity index (χ3v) is 19.8. The zero-order valence-electron chi connectivity index (χ0n) is 45.2. The minimum absolute atomic E-state index is 0.00362. The number of ether oxygens (including phenoxy) is 9. The van der Waals surface area contributed by atoms with E-state index in [4.69, 9.17) is 47.1 Å². The molecule has 400 valence electrons. The highest BCUT2D eigenvalue weighted by atomic mass is 28.4. The highest BCUT2D eigenvalue weighted by molar-refractivity contribution is 6.99. The van der Waals surface area contributed by atoms with Crippen LogP contribution in [0.15, 0.2) is 84.5 Å². The lowest BCUT2D eigenvalue weighted by Crippen LogP contribution is -2.67. The summed E-state index contributed by atoms with van der Waals surface area (Å²) in [6, 6.07) is 21.5. The van der Waals surface area contributed by atoms with Crippen molar-refractivity contribution < 1.29 is 51.9 Å². The van der Waals surface area contributed by atoms with Gasteiger partial charge in [-0.15, -0.1) is 0 Å². The van der Waals surface area contributed by atoms with Crippen molar-refractivity contribution in [2.24, 2.45) is 0 Å². The van der Waals surface area contributed by atoms with Gasteiger partial charge in [-0.25, -0.2) is 4.79 Å². The van der Waals surface area contributed by atoms with Crippen LogP contribution in [0, 0.1) is 0 Å². The minimum Gasteiger partial charge on any atom is -0.455 e. The fourth-order valence-corrected chi connectivity index (χ4v) is 15.7. The van der Waals surface area contributed by atoms with Gasteiger partial charge in [0, 0.05) is 33.3 Å². The number of allylic oxidation sites excluding steroid dienone is 2. The smallest absolute Gasteiger partial charge is 0.334 e. The second-order valence-corrected chi connectivity index (χ2v) is 25.5. The molecule has 2 aromatic carbocycles. The Bertz CT molecular complexity index is 1750. The van der Waals surface area contributed by atoms with Gasteiger partial charge < -0.3 is 47.1 Å². The van der Waals surface area contributed by atoms with E-state index in [1.54, 1.807) is 21.3 Å². The average molecular weight is 1010 g/mol. The Morgan fingerprint density at radius 1 is 0.676 bits per heavy atom. The number of carbonyl (C=O) groups is 1. The second-order valence-electron chi connectivity index (χ2n) is 21.2. The van der Waals surface area contributed by atoms with Crippen LogP contribution in [0.3, 0.4) is 0 Å². The average Bonchev–Trinajstić information content (AvgIpc) is 3.98. The zero-order valence-corrected chi connectivity index (χ0v) is 46.2. The molecule has 3 aliphatic heterocycles. The van der Waals surface area contributed by atoms with Crippen LogP contribution in [0.2, 0.25) is 5.04 Å². The third-order valence-electron chi connectivity index (χ3n) is 14.7. The normalized spacial score (nSPS) is 23.3. The number of hydrogen-bond acceptors (Lipinski definition) is 11. The Morgan fingerprint density at radius 2 is 1.25 bits per heavy atom. The number of benzene rings is 2. The molecule has 0 unspecified atom stereocenters. The van der Waals surface area contributed by atoms with Crippen LogP contribution in [-0.2, 0) is 51.9 Å². The van der Waals surface area contributed by atoms with Crippen molar-refractivity contribution in [1.29, 1.82) is 0 Å². The molecule has 2 fully saturated rings. The van der Waals surface area contributed by atoms with Gasteiger partial charge in [0.05, 0.1) is 48.8 Å². The van der Waals surface area contributed by atoms with Crippen LogP contribution in [-0.4, -0.2) is 111 Å². The predicted octanol–water partition coefficient (Wildman–Crippen LogP) is 12.1. The first-order valence-corrected chi connectivity index (χ1v) is 29.4. The van der Waals surface area contributed by atoms with Crippen LogP contribution >= 0.6 is 0 Å². The second kappa shape index (κ2) is 32.5. The molecule has 9 atom stereocenters. The molecule has 11 nitrogen and oxygen atoms in total. The zero-order chi connectivity index (χ0) is 50.7. The SMILES string of the molecule is CCCCCCCCCC[C@@H]1O[C@H]([C@H](CC[C@H](OCOC)[C@@H]2CC[C@@H](CCC/C=C/CC[C@H](CC3=C[C@H](C)OC3=O)O[Si](c3ccccc3)(c3ccccc3)C(C)(C)C)O2)OCOC)CC[C@H]1OCOC. The van der Waals surface area contributed by atoms with Gasteiger partial charge in [-0.1, -0.05) is 152 Å². The molecule has 0 bridgehead atoms. The van der Waals surface area contributed by atoms with Gasteiger partial charge in [0.1, 0.15) is 26.5 Å². The monoisotopic (exact) mass is 1010 g/mol. The number of methoxy groups -OCH3 is 3. The third kappa shape index (κ3) is 19.2. The van der Waals surface area contributed by atoms with Crippen molar-refractivity contribution in [1.82, 2.24) is 0 Å². The molecular weight excluding hydrogens is 913 g/mol. The van der Waals surface area contributed by atoms with Crippen molar-refractivity contribution in [3.63, 3.8) is 0 Å². The van der Waals surface area contributed by atoms with E-state index < -0.39 is 8.32 Å². The summed E-state index contributed by atoms with van der Waals surface area (Å²) in [6.45, 7) is 11.8. The van der Waals surface area contributed by atoms with E-state index in [2.05, 4.69) is 101 Å². The molecule has 71 heavy (non-hydrogen) atoms. The van der Waals surface area contributed by atoms with Crippen LogP contribution in [0.1, 0.15) is 169 Å². The number of carbonyl (C=O) groups excluding carboxylic acids is 1. The van der Waals surface area contributed by atoms with E-state index in [1.807, 2.05) is 13.0 Å². The van der Waals surface area contributed by atoms with Crippen LogP contribution in [0.5, 0.6) is 0 Å². The summed E-state index contributed by atoms with van der Waals surface area (Å²) < 4.78 is 61.8. The molecule has 0 radical (unpaired) electrons. The lowest BCUT2D eigenvalue weighted by atomic mass is 9.92. The number of unbranched alkanes of at least 4 members (excludes halogenated alkanes) is 8. The van der Waals surface area contributed by atoms with E-state index in [9.17, 15) is 4.79 Å². The predicted molar refractivity (Wildman–Crippen MR) is 285 cm³/mol. The lowest BCUT2D eigenvalue weighted by molar-refractivity contribution is -0.211. The topological polar surface area (TPSA) is 109 Å². The highest BCUT2D eigenvalue weighted by Gasteiger charge is 2.51. The molecular formula is C59H94O11Si. The van der Waals surface area contributed by atoms with Gasteiger partial charge in [0.25, 0.3) is 8.32 Å². The minimum atomic E-state index is -2.84. The van der Waals surface area contributed by atoms with E-state index in [-0.39, 0.29) is 86.3 Å². The van der Waals surface area contributed by atoms with Crippen molar-refractivity contribution in [2.75, 3.05) is 41.7 Å². The molecule has 5 rings (SSSR count). The number of hydrogen-bond donors (Lipinski definition) is 0. The van der Waals surface area contributed by atoms with Crippen molar-refractivity contribution in [2.45, 2.75) is 229 Å². The molecule has 0 saturated carbocycles. The van der Waals surface area contributed by atoms with Gasteiger partial charge in [-0.05, 0) is 105 Å². The van der Waals surface area contributed by atoms with Gasteiger partial charge in [0.2, 0.25) is 0 Å². The summed E-state index contributed by atoms with van der Waals surface area (Å²) in [6.07, 6.45) is 27.7. The molecule has 3 aliphatic rings. The Kier molecular flexibility index (Phi) is 27.1. The fraction of sp³-hybridized carbons (Fsp3) is 0.712. The summed E-state index contributed by atoms with van der Waals surface area (Å²) in [5, 5.41) is 2.29. The van der Waals surface area contributed by atoms with Crippen LogP contribution in [0.4, 0.5) is 0 Å². The van der Waals surface area contributed by atoms with Gasteiger partial charge in [-0.2, -0.15) is 0 Å². The molecule has 2 aromatic rings. The highest BCUT2D eigenvalue weighted by Crippen LogP contribution is 2.39. The fourth-order valence-electron chi connectivity index (χ4n) is 11.0. The van der Waals surface area contributed by atoms with Gasteiger partial charge in [-0.3, -0.25) is 0 Å². The first kappa shape index (κ1) is 59.1. The molecule has 0 spiro atoms. The first-order chi connectivity index (χ1) is 34.5. The van der Waals surface area contributed by atoms with Crippen molar-refractivity contribution in [3.05, 3.63) is 84.5 Å². The molecule has 0 aliphatic carbocycles. The van der Waals surface area contributed by atoms with E-state index in [0.29, 0.717) is 12.0 Å². The summed E-state index contributed by atoms with van der Waals surface area (Å²) in [5.41, 5.74) is 0.715. The molecule has 3 heterocycles. The van der Waals surface area contributed by atoms with Gasteiger partial charge >= 0.3 is 5.97 Å². The molecule has 0 amide bonds. The number of esters is 1. The summed E-state index contributed by atoms with van der Waals surface area (Å²) in [5.74, 6) is -0.230. The summed E-state index contributed by atoms with van der Waals surface area (Å²) in [7, 11) is 2.18. The van der Waals surface area contributed by atoms with E-state index in [1.165, 1.54) is 55.3 Å². The number of cyclic esters (lactones) is 1. The maximum absolute atomic E-state index is 13.0. The van der Waals surface area contributed by atoms with Crippen molar-refractivity contribution >= 4 is 24.7 Å². The van der Waals surface area contributed by atoms with Crippen LogP contribution < -0.4 is 10.4 Å². The van der Waals surface area contributed by atoms with Crippen LogP contribution in [0.25, 0.3) is 0 Å². The van der Waals surface area contributed by atoms with E-state index >= 15 is 0 Å². The summed E-state index contributed by atoms with van der Waals surface area (Å²) in [4.78, 5) is 13.0. The Balaban J connectivity index is 1.13. The Morgan fingerprint density at radius 3 is 1.83 bits per heavy atom. The Hall–Kier alpha value is -2.75. The largest absolute Gasteiger partial charge is 0.455 e. The molecule has 2 saturated heterocycles.